The topological polar surface area (TPSA) is 56.2 Å². The fourth-order valence-corrected chi connectivity index (χ4v) is 2.65. The standard InChI is InChI=1S/C12H21N3O/c13-12(10-5-2-1-3-6-10)15-8-4-7-14-11(16)9-15/h10,13H,1-9H2,(H,14,16). The summed E-state index contributed by atoms with van der Waals surface area (Å²) >= 11 is 0. The van der Waals surface area contributed by atoms with Crippen LogP contribution in [0.25, 0.3) is 0 Å². The van der Waals surface area contributed by atoms with Crippen molar-refractivity contribution in [1.29, 1.82) is 5.41 Å². The molecule has 0 unspecified atom stereocenters. The molecule has 1 saturated carbocycles. The molecule has 1 aliphatic heterocycles. The van der Waals surface area contributed by atoms with Crippen molar-refractivity contribution in [1.82, 2.24) is 10.2 Å². The van der Waals surface area contributed by atoms with Gasteiger partial charge in [0.15, 0.2) is 0 Å². The van der Waals surface area contributed by atoms with Gasteiger partial charge in [-0.15, -0.1) is 0 Å². The lowest BCUT2D eigenvalue weighted by molar-refractivity contribution is -0.120. The maximum Gasteiger partial charge on any atom is 0.239 e. The molecular formula is C12H21N3O. The van der Waals surface area contributed by atoms with E-state index < -0.39 is 0 Å². The van der Waals surface area contributed by atoms with Crippen LogP contribution < -0.4 is 5.32 Å². The quantitative estimate of drug-likeness (QED) is 0.521. The molecule has 0 atom stereocenters. The average molecular weight is 223 g/mol. The Morgan fingerprint density at radius 3 is 2.75 bits per heavy atom. The van der Waals surface area contributed by atoms with Gasteiger partial charge in [0.2, 0.25) is 5.91 Å². The molecule has 1 amide bonds. The minimum absolute atomic E-state index is 0.0676. The highest BCUT2D eigenvalue weighted by molar-refractivity contribution is 5.87. The van der Waals surface area contributed by atoms with Gasteiger partial charge in [0.1, 0.15) is 0 Å². The lowest BCUT2D eigenvalue weighted by Gasteiger charge is -2.30. The summed E-state index contributed by atoms with van der Waals surface area (Å²) in [6.45, 7) is 2.00. The fraction of sp³-hybridized carbons (Fsp3) is 0.833. The monoisotopic (exact) mass is 223 g/mol. The maximum atomic E-state index is 11.4. The van der Waals surface area contributed by atoms with Gasteiger partial charge in [0, 0.05) is 19.0 Å². The van der Waals surface area contributed by atoms with Crippen molar-refractivity contribution in [3.05, 3.63) is 0 Å². The summed E-state index contributed by atoms with van der Waals surface area (Å²) in [5, 5.41) is 11.1. The second-order valence-electron chi connectivity index (χ2n) is 4.85. The van der Waals surface area contributed by atoms with E-state index in [0.717, 1.165) is 32.4 Å². The fourth-order valence-electron chi connectivity index (χ4n) is 2.65. The molecule has 1 saturated heterocycles. The van der Waals surface area contributed by atoms with Crippen LogP contribution in [-0.4, -0.2) is 36.3 Å². The SMILES string of the molecule is N=C(C1CCCCC1)N1CCCNC(=O)C1. The van der Waals surface area contributed by atoms with E-state index in [4.69, 9.17) is 5.41 Å². The molecule has 0 aromatic heterocycles. The molecule has 1 aliphatic carbocycles. The second-order valence-corrected chi connectivity index (χ2v) is 4.85. The van der Waals surface area contributed by atoms with Crippen molar-refractivity contribution in [3.8, 4) is 0 Å². The molecule has 1 heterocycles. The number of rotatable bonds is 1. The second kappa shape index (κ2) is 5.32. The normalized spacial score (nSPS) is 23.8. The van der Waals surface area contributed by atoms with E-state index in [1.807, 2.05) is 4.90 Å². The maximum absolute atomic E-state index is 11.4. The van der Waals surface area contributed by atoms with Gasteiger partial charge in [-0.1, -0.05) is 19.3 Å². The molecule has 0 aromatic rings. The van der Waals surface area contributed by atoms with Crippen LogP contribution in [0.3, 0.4) is 0 Å². The van der Waals surface area contributed by atoms with Gasteiger partial charge >= 0.3 is 0 Å². The van der Waals surface area contributed by atoms with E-state index in [1.165, 1.54) is 19.3 Å². The van der Waals surface area contributed by atoms with Crippen molar-refractivity contribution in [3.63, 3.8) is 0 Å². The summed E-state index contributed by atoms with van der Waals surface area (Å²) in [5.74, 6) is 1.18. The van der Waals surface area contributed by atoms with Gasteiger partial charge in [0.05, 0.1) is 12.4 Å². The number of nitrogens with zero attached hydrogens (tertiary/aromatic N) is 1. The minimum atomic E-state index is 0.0676. The van der Waals surface area contributed by atoms with E-state index in [-0.39, 0.29) is 5.91 Å². The third kappa shape index (κ3) is 2.74. The van der Waals surface area contributed by atoms with Crippen LogP contribution in [0.15, 0.2) is 0 Å². The van der Waals surface area contributed by atoms with E-state index >= 15 is 0 Å². The number of carbonyl (C=O) groups excluding carboxylic acids is 1. The van der Waals surface area contributed by atoms with Crippen molar-refractivity contribution >= 4 is 11.7 Å². The summed E-state index contributed by atoms with van der Waals surface area (Å²) in [6, 6.07) is 0. The number of nitrogens with one attached hydrogen (secondary N) is 2. The van der Waals surface area contributed by atoms with E-state index in [1.54, 1.807) is 0 Å². The van der Waals surface area contributed by atoms with E-state index in [0.29, 0.717) is 18.3 Å². The van der Waals surface area contributed by atoms with Crippen LogP contribution in [0.5, 0.6) is 0 Å². The minimum Gasteiger partial charge on any atom is -0.354 e. The van der Waals surface area contributed by atoms with Crippen LogP contribution in [0.1, 0.15) is 38.5 Å². The Hall–Kier alpha value is -1.06. The van der Waals surface area contributed by atoms with Gasteiger partial charge in [-0.25, -0.2) is 0 Å². The first-order valence-electron chi connectivity index (χ1n) is 6.37. The molecule has 2 rings (SSSR count). The number of carbonyl (C=O) groups is 1. The van der Waals surface area contributed by atoms with Crippen LogP contribution in [0.2, 0.25) is 0 Å². The molecule has 4 heteroatoms. The summed E-state index contributed by atoms with van der Waals surface area (Å²) < 4.78 is 0. The van der Waals surface area contributed by atoms with E-state index in [9.17, 15) is 4.79 Å². The third-order valence-electron chi connectivity index (χ3n) is 3.59. The first kappa shape index (κ1) is 11.4. The zero-order valence-corrected chi connectivity index (χ0v) is 9.80. The molecular weight excluding hydrogens is 202 g/mol. The Balaban J connectivity index is 1.93. The predicted molar refractivity (Wildman–Crippen MR) is 63.5 cm³/mol. The summed E-state index contributed by atoms with van der Waals surface area (Å²) in [6.07, 6.45) is 7.03. The van der Waals surface area contributed by atoms with Crippen molar-refractivity contribution < 1.29 is 4.79 Å². The van der Waals surface area contributed by atoms with Crippen molar-refractivity contribution in [2.24, 2.45) is 5.92 Å². The molecule has 0 bridgehead atoms. The zero-order valence-electron chi connectivity index (χ0n) is 9.80. The lowest BCUT2D eigenvalue weighted by Crippen LogP contribution is -2.40. The summed E-state index contributed by atoms with van der Waals surface area (Å²) in [7, 11) is 0. The molecule has 0 radical (unpaired) electrons. The highest BCUT2D eigenvalue weighted by atomic mass is 16.2. The van der Waals surface area contributed by atoms with Gasteiger partial charge in [-0.05, 0) is 19.3 Å². The number of amides is 1. The van der Waals surface area contributed by atoms with Crippen LogP contribution in [0, 0.1) is 11.3 Å². The molecule has 90 valence electrons. The first-order chi connectivity index (χ1) is 7.77. The Morgan fingerprint density at radius 2 is 2.00 bits per heavy atom. The smallest absolute Gasteiger partial charge is 0.239 e. The largest absolute Gasteiger partial charge is 0.354 e. The van der Waals surface area contributed by atoms with Crippen LogP contribution in [-0.2, 0) is 4.79 Å². The molecule has 4 nitrogen and oxygen atoms in total. The number of hydrogen-bond donors (Lipinski definition) is 2. The zero-order chi connectivity index (χ0) is 11.4. The van der Waals surface area contributed by atoms with Crippen molar-refractivity contribution in [2.75, 3.05) is 19.6 Å². The molecule has 2 aliphatic rings. The molecule has 2 fully saturated rings. The Kier molecular flexibility index (Phi) is 3.80. The predicted octanol–water partition coefficient (Wildman–Crippen LogP) is 1.37. The lowest BCUT2D eigenvalue weighted by atomic mass is 9.88. The summed E-state index contributed by atoms with van der Waals surface area (Å²) in [5.41, 5.74) is 0. The highest BCUT2D eigenvalue weighted by Gasteiger charge is 2.24. The van der Waals surface area contributed by atoms with Crippen molar-refractivity contribution in [2.45, 2.75) is 38.5 Å². The molecule has 2 N–H and O–H groups in total. The average Bonchev–Trinajstić information content (AvgIpc) is 2.54. The van der Waals surface area contributed by atoms with Gasteiger partial charge < -0.3 is 10.2 Å². The first-order valence-corrected chi connectivity index (χ1v) is 6.37. The Morgan fingerprint density at radius 1 is 1.25 bits per heavy atom. The molecule has 0 aromatic carbocycles. The Labute approximate surface area is 96.9 Å². The third-order valence-corrected chi connectivity index (χ3v) is 3.59. The van der Waals surface area contributed by atoms with Crippen LogP contribution in [0.4, 0.5) is 0 Å². The number of amidine groups is 1. The van der Waals surface area contributed by atoms with E-state index in [2.05, 4.69) is 5.32 Å². The summed E-state index contributed by atoms with van der Waals surface area (Å²) in [4.78, 5) is 13.4. The highest BCUT2D eigenvalue weighted by Crippen LogP contribution is 2.25. The van der Waals surface area contributed by atoms with Gasteiger partial charge in [0.25, 0.3) is 0 Å². The molecule has 0 spiro atoms. The van der Waals surface area contributed by atoms with Gasteiger partial charge in [-0.3, -0.25) is 10.2 Å². The van der Waals surface area contributed by atoms with Crippen LogP contribution >= 0.6 is 0 Å². The van der Waals surface area contributed by atoms with Gasteiger partial charge in [-0.2, -0.15) is 0 Å². The molecule has 16 heavy (non-hydrogen) atoms. The number of hydrogen-bond acceptors (Lipinski definition) is 2. The Bertz CT molecular complexity index is 271.